The van der Waals surface area contributed by atoms with E-state index in [-0.39, 0.29) is 4.90 Å². The second-order valence-electron chi connectivity index (χ2n) is 3.75. The highest BCUT2D eigenvalue weighted by Crippen LogP contribution is 2.52. The van der Waals surface area contributed by atoms with Gasteiger partial charge in [0.1, 0.15) is 6.34 Å². The Balaban J connectivity index is 3.26. The molecule has 0 aromatic carbocycles. The molecule has 118 valence electrons. The molecule has 0 aromatic rings. The van der Waals surface area contributed by atoms with Gasteiger partial charge in [0.05, 0.1) is 0 Å². The molecule has 1 rings (SSSR count). The summed E-state index contributed by atoms with van der Waals surface area (Å²) in [5, 5.41) is 3.58. The number of alkyl halides is 10. The SMILES string of the molecule is CN1N=CN(C(Cl)(Cl)C(Cl)(Cl)Cl)C1C(F)(F)C(F)(F)F. The largest absolute Gasteiger partial charge is 0.457 e. The van der Waals surface area contributed by atoms with Gasteiger partial charge in [-0.25, -0.2) is 0 Å². The lowest BCUT2D eigenvalue weighted by atomic mass is 10.2. The first-order valence-corrected chi connectivity index (χ1v) is 6.47. The molecular weight excluding hydrogens is 398 g/mol. The molecule has 3 nitrogen and oxygen atoms in total. The van der Waals surface area contributed by atoms with Crippen LogP contribution in [0.5, 0.6) is 0 Å². The van der Waals surface area contributed by atoms with E-state index in [2.05, 4.69) is 5.10 Å². The normalized spacial score (nSPS) is 21.9. The van der Waals surface area contributed by atoms with Crippen molar-refractivity contribution in [2.75, 3.05) is 7.05 Å². The predicted octanol–water partition coefficient (Wildman–Crippen LogP) is 4.20. The van der Waals surface area contributed by atoms with Crippen LogP contribution in [0.25, 0.3) is 0 Å². The van der Waals surface area contributed by atoms with Gasteiger partial charge >= 0.3 is 12.1 Å². The Bertz CT molecular complexity index is 407. The average Bonchev–Trinajstić information content (AvgIpc) is 2.57. The lowest BCUT2D eigenvalue weighted by molar-refractivity contribution is -0.313. The molecule has 13 heteroatoms. The third-order valence-corrected chi connectivity index (χ3v) is 4.70. The molecule has 0 bridgehead atoms. The van der Waals surface area contributed by atoms with Crippen LogP contribution in [0.15, 0.2) is 5.10 Å². The third kappa shape index (κ3) is 2.95. The van der Waals surface area contributed by atoms with Crippen LogP contribution in [0.2, 0.25) is 0 Å². The Labute approximate surface area is 135 Å². The molecule has 0 aromatic heterocycles. The molecule has 0 saturated heterocycles. The second-order valence-corrected chi connectivity index (χ2v) is 7.31. The zero-order valence-corrected chi connectivity index (χ0v) is 13.1. The van der Waals surface area contributed by atoms with Crippen molar-refractivity contribution < 1.29 is 22.0 Å². The molecular formula is C7H5Cl5F5N3. The number of hydrogen-bond donors (Lipinski definition) is 0. The maximum absolute atomic E-state index is 13.5. The van der Waals surface area contributed by atoms with E-state index in [0.717, 1.165) is 7.05 Å². The van der Waals surface area contributed by atoms with Gasteiger partial charge in [0, 0.05) is 7.05 Å². The molecule has 1 aliphatic heterocycles. The molecule has 1 atom stereocenters. The van der Waals surface area contributed by atoms with E-state index in [4.69, 9.17) is 58.0 Å². The molecule has 0 radical (unpaired) electrons. The van der Waals surface area contributed by atoms with Crippen LogP contribution in [0, 0.1) is 0 Å². The van der Waals surface area contributed by atoms with Gasteiger partial charge in [-0.2, -0.15) is 27.1 Å². The number of hydrogen-bond acceptors (Lipinski definition) is 3. The first kappa shape index (κ1) is 18.4. The molecule has 1 unspecified atom stereocenters. The van der Waals surface area contributed by atoms with E-state index in [9.17, 15) is 22.0 Å². The molecule has 0 fully saturated rings. The fraction of sp³-hybridized carbons (Fsp3) is 0.857. The highest BCUT2D eigenvalue weighted by atomic mass is 35.6. The van der Waals surface area contributed by atoms with Crippen molar-refractivity contribution >= 4 is 64.3 Å². The molecule has 0 aliphatic carbocycles. The fourth-order valence-corrected chi connectivity index (χ4v) is 1.94. The summed E-state index contributed by atoms with van der Waals surface area (Å²) in [7, 11) is 0.864. The Morgan fingerprint density at radius 2 is 1.45 bits per heavy atom. The van der Waals surface area contributed by atoms with Gasteiger partial charge in [-0.3, -0.25) is 9.91 Å². The summed E-state index contributed by atoms with van der Waals surface area (Å²) in [4.78, 5) is 0.122. The molecule has 0 amide bonds. The lowest BCUT2D eigenvalue weighted by Crippen LogP contribution is -2.63. The Hall–Kier alpha value is 0.370. The molecule has 1 aliphatic rings. The van der Waals surface area contributed by atoms with Crippen molar-refractivity contribution in [2.24, 2.45) is 5.10 Å². The van der Waals surface area contributed by atoms with Gasteiger partial charge in [0.25, 0.3) is 0 Å². The zero-order chi connectivity index (χ0) is 16.1. The number of hydrazone groups is 1. The van der Waals surface area contributed by atoms with Gasteiger partial charge in [-0.1, -0.05) is 58.0 Å². The van der Waals surface area contributed by atoms with Gasteiger partial charge in [-0.05, 0) is 0 Å². The molecule has 0 saturated carbocycles. The highest BCUT2D eigenvalue weighted by molar-refractivity contribution is 6.75. The first-order valence-electron chi connectivity index (χ1n) is 4.58. The van der Waals surface area contributed by atoms with Crippen molar-refractivity contribution in [1.82, 2.24) is 9.91 Å². The van der Waals surface area contributed by atoms with E-state index in [1.807, 2.05) is 0 Å². The summed E-state index contributed by atoms with van der Waals surface area (Å²) in [6.07, 6.45) is -8.05. The van der Waals surface area contributed by atoms with E-state index in [1.54, 1.807) is 0 Å². The van der Waals surface area contributed by atoms with Crippen LogP contribution in [-0.4, -0.2) is 49.8 Å². The standard InChI is InChI=1S/C7H5Cl5F5N3/c1-19-3(4(13,14)7(15,16)17)20(2-18-19)6(11,12)5(8,9)10/h2-3H,1H3. The molecule has 0 N–H and O–H groups in total. The fourth-order valence-electron chi connectivity index (χ4n) is 1.37. The number of nitrogens with zero attached hydrogens (tertiary/aromatic N) is 3. The van der Waals surface area contributed by atoms with Crippen LogP contribution in [0.1, 0.15) is 0 Å². The monoisotopic (exact) mass is 401 g/mol. The second kappa shape index (κ2) is 5.22. The van der Waals surface area contributed by atoms with Gasteiger partial charge in [-0.15, -0.1) is 0 Å². The summed E-state index contributed by atoms with van der Waals surface area (Å²) in [5.41, 5.74) is 0. The minimum Gasteiger partial charge on any atom is -0.298 e. The number of halogens is 10. The van der Waals surface area contributed by atoms with E-state index >= 15 is 0 Å². The average molecular weight is 403 g/mol. The quantitative estimate of drug-likeness (QED) is 0.391. The van der Waals surface area contributed by atoms with Crippen molar-refractivity contribution in [3.8, 4) is 0 Å². The van der Waals surface area contributed by atoms with Crippen LogP contribution in [0.4, 0.5) is 22.0 Å². The summed E-state index contributed by atoms with van der Waals surface area (Å²) >= 11 is 27.4. The van der Waals surface area contributed by atoms with Crippen molar-refractivity contribution in [3.05, 3.63) is 0 Å². The molecule has 1 heterocycles. The van der Waals surface area contributed by atoms with E-state index in [1.165, 1.54) is 0 Å². The topological polar surface area (TPSA) is 18.8 Å². The van der Waals surface area contributed by atoms with E-state index in [0.29, 0.717) is 11.3 Å². The van der Waals surface area contributed by atoms with Crippen LogP contribution in [-0.2, 0) is 0 Å². The van der Waals surface area contributed by atoms with Gasteiger partial charge in [0.15, 0.2) is 6.17 Å². The number of rotatable bonds is 2. The third-order valence-electron chi connectivity index (χ3n) is 2.34. The minimum absolute atomic E-state index is 0.122. The predicted molar refractivity (Wildman–Crippen MR) is 67.6 cm³/mol. The Morgan fingerprint density at radius 1 is 1.00 bits per heavy atom. The maximum Gasteiger partial charge on any atom is 0.457 e. The van der Waals surface area contributed by atoms with Crippen LogP contribution in [0.3, 0.4) is 0 Å². The van der Waals surface area contributed by atoms with Crippen LogP contribution < -0.4 is 0 Å². The minimum atomic E-state index is -5.88. The summed E-state index contributed by atoms with van der Waals surface area (Å²) in [5.74, 6) is -5.23. The molecule has 0 spiro atoms. The molecule has 20 heavy (non-hydrogen) atoms. The first-order chi connectivity index (χ1) is 8.64. The summed E-state index contributed by atoms with van der Waals surface area (Å²) in [6, 6.07) is 0. The van der Waals surface area contributed by atoms with Crippen molar-refractivity contribution in [1.29, 1.82) is 0 Å². The maximum atomic E-state index is 13.5. The van der Waals surface area contributed by atoms with Crippen LogP contribution >= 0.6 is 58.0 Å². The van der Waals surface area contributed by atoms with Crippen molar-refractivity contribution in [2.45, 2.75) is 26.5 Å². The summed E-state index contributed by atoms with van der Waals surface area (Å²) in [6.45, 7) is 0. The highest BCUT2D eigenvalue weighted by Gasteiger charge is 2.69. The Kier molecular flexibility index (Phi) is 4.81. The zero-order valence-electron chi connectivity index (χ0n) is 9.28. The van der Waals surface area contributed by atoms with Gasteiger partial charge in [0.2, 0.25) is 8.25 Å². The van der Waals surface area contributed by atoms with E-state index < -0.39 is 26.5 Å². The lowest BCUT2D eigenvalue weighted by Gasteiger charge is -2.42. The Morgan fingerprint density at radius 3 is 1.80 bits per heavy atom. The smallest absolute Gasteiger partial charge is 0.298 e. The van der Waals surface area contributed by atoms with Crippen molar-refractivity contribution in [3.63, 3.8) is 0 Å². The van der Waals surface area contributed by atoms with Gasteiger partial charge < -0.3 is 0 Å². The summed E-state index contributed by atoms with van der Waals surface area (Å²) < 4.78 is 59.2.